The largest absolute Gasteiger partial charge is 0.479 e. The van der Waals surface area contributed by atoms with Gasteiger partial charge in [-0.05, 0) is 40.5 Å². The molecular formula is C25H21FN2O6. The molecule has 8 nitrogen and oxygen atoms in total. The van der Waals surface area contributed by atoms with Gasteiger partial charge in [-0.1, -0.05) is 48.5 Å². The maximum Gasteiger partial charge on any atom is 0.411 e. The van der Waals surface area contributed by atoms with Crippen LogP contribution in [0.3, 0.4) is 0 Å². The number of hydroxylamine groups is 2. The number of carboxylic acid groups (broad SMARTS) is 1. The summed E-state index contributed by atoms with van der Waals surface area (Å²) in [4.78, 5) is 40.2. The third kappa shape index (κ3) is 4.89. The number of aliphatic carboxylic acids is 1. The zero-order chi connectivity index (χ0) is 24.2. The Morgan fingerprint density at radius 1 is 1.00 bits per heavy atom. The molecule has 0 aromatic heterocycles. The lowest BCUT2D eigenvalue weighted by molar-refractivity contribution is -0.159. The van der Waals surface area contributed by atoms with Crippen LogP contribution >= 0.6 is 0 Å². The van der Waals surface area contributed by atoms with Crippen LogP contribution in [0.2, 0.25) is 0 Å². The number of hydrogen-bond acceptors (Lipinski definition) is 5. The molecular weight excluding hydrogens is 443 g/mol. The van der Waals surface area contributed by atoms with Crippen LogP contribution in [0.25, 0.3) is 11.1 Å². The molecule has 0 saturated heterocycles. The monoisotopic (exact) mass is 464 g/mol. The number of rotatable bonds is 7. The Morgan fingerprint density at radius 2 is 1.62 bits per heavy atom. The SMILES string of the molecule is CN(OCC(=O)O)C(=O)c1cc(F)cc(NC(=O)OCC2c3ccccc3-c3ccccc32)c1. The minimum atomic E-state index is -1.27. The average Bonchev–Trinajstić information content (AvgIpc) is 3.14. The van der Waals surface area contributed by atoms with Gasteiger partial charge < -0.3 is 9.84 Å². The first-order valence-corrected chi connectivity index (χ1v) is 10.4. The van der Waals surface area contributed by atoms with Crippen molar-refractivity contribution in [2.45, 2.75) is 5.92 Å². The molecule has 0 radical (unpaired) electrons. The van der Waals surface area contributed by atoms with Crippen molar-refractivity contribution in [2.75, 3.05) is 25.6 Å². The van der Waals surface area contributed by atoms with Crippen molar-refractivity contribution in [2.24, 2.45) is 0 Å². The number of hydrogen-bond donors (Lipinski definition) is 2. The topological polar surface area (TPSA) is 105 Å². The maximum atomic E-state index is 14.1. The molecule has 0 atom stereocenters. The average molecular weight is 464 g/mol. The van der Waals surface area contributed by atoms with Crippen LogP contribution in [0.5, 0.6) is 0 Å². The standard InChI is InChI=1S/C25H21FN2O6/c1-28(34-14-23(29)30)24(31)15-10-16(26)12-17(11-15)27-25(32)33-13-22-20-8-4-2-6-18(20)19-7-3-5-9-21(19)22/h2-12,22H,13-14H2,1H3,(H,27,32)(H,29,30). The van der Waals surface area contributed by atoms with E-state index in [0.717, 1.165) is 34.4 Å². The zero-order valence-corrected chi connectivity index (χ0v) is 18.2. The van der Waals surface area contributed by atoms with Crippen molar-refractivity contribution >= 4 is 23.7 Å². The maximum absolute atomic E-state index is 14.1. The lowest BCUT2D eigenvalue weighted by atomic mass is 9.98. The highest BCUT2D eigenvalue weighted by Gasteiger charge is 2.29. The number of benzene rings is 3. The van der Waals surface area contributed by atoms with Crippen molar-refractivity contribution in [1.29, 1.82) is 0 Å². The van der Waals surface area contributed by atoms with Crippen LogP contribution < -0.4 is 5.32 Å². The molecule has 174 valence electrons. The Hall–Kier alpha value is -4.24. The van der Waals surface area contributed by atoms with Crippen LogP contribution in [0.4, 0.5) is 14.9 Å². The highest BCUT2D eigenvalue weighted by Crippen LogP contribution is 2.44. The second-order valence-electron chi connectivity index (χ2n) is 7.65. The van der Waals surface area contributed by atoms with Crippen molar-refractivity contribution in [1.82, 2.24) is 5.06 Å². The molecule has 0 heterocycles. The molecule has 9 heteroatoms. The predicted molar refractivity (Wildman–Crippen MR) is 121 cm³/mol. The number of amides is 2. The van der Waals surface area contributed by atoms with E-state index < -0.39 is 30.4 Å². The van der Waals surface area contributed by atoms with Gasteiger partial charge >= 0.3 is 12.1 Å². The quantitative estimate of drug-likeness (QED) is 0.506. The second-order valence-corrected chi connectivity index (χ2v) is 7.65. The molecule has 0 unspecified atom stereocenters. The van der Waals surface area contributed by atoms with E-state index in [9.17, 15) is 18.8 Å². The Labute approximate surface area is 194 Å². The number of carboxylic acids is 1. The molecule has 1 aliphatic carbocycles. The molecule has 34 heavy (non-hydrogen) atoms. The fourth-order valence-corrected chi connectivity index (χ4v) is 3.93. The van der Waals surface area contributed by atoms with Gasteiger partial charge in [0.15, 0.2) is 6.61 Å². The number of carbonyl (C=O) groups is 3. The van der Waals surface area contributed by atoms with Crippen LogP contribution in [0, 0.1) is 5.82 Å². The summed E-state index contributed by atoms with van der Waals surface area (Å²) in [5.41, 5.74) is 4.16. The van der Waals surface area contributed by atoms with Gasteiger partial charge in [-0.15, -0.1) is 0 Å². The number of halogens is 1. The number of carbonyl (C=O) groups excluding carboxylic acids is 2. The normalized spacial score (nSPS) is 11.9. The van der Waals surface area contributed by atoms with Gasteiger partial charge in [-0.3, -0.25) is 14.9 Å². The van der Waals surface area contributed by atoms with Gasteiger partial charge in [0.1, 0.15) is 12.4 Å². The molecule has 3 aromatic rings. The minimum absolute atomic E-state index is 0.00667. The number of nitrogens with one attached hydrogen (secondary N) is 1. The number of ether oxygens (including phenoxy) is 1. The van der Waals surface area contributed by atoms with E-state index in [1.807, 2.05) is 48.5 Å². The fraction of sp³-hybridized carbons (Fsp3) is 0.160. The summed E-state index contributed by atoms with van der Waals surface area (Å²) in [6, 6.07) is 19.0. The van der Waals surface area contributed by atoms with Gasteiger partial charge in [-0.25, -0.2) is 19.0 Å². The summed E-state index contributed by atoms with van der Waals surface area (Å²) >= 11 is 0. The molecule has 0 fully saturated rings. The van der Waals surface area contributed by atoms with Crippen LogP contribution in [0.15, 0.2) is 66.7 Å². The summed E-state index contributed by atoms with van der Waals surface area (Å²) in [7, 11) is 1.20. The van der Waals surface area contributed by atoms with E-state index in [-0.39, 0.29) is 23.8 Å². The van der Waals surface area contributed by atoms with Crippen molar-refractivity contribution in [3.63, 3.8) is 0 Å². The van der Waals surface area contributed by atoms with Gasteiger partial charge in [0, 0.05) is 24.2 Å². The first kappa shape index (κ1) is 22.9. The molecule has 0 saturated carbocycles. The minimum Gasteiger partial charge on any atom is -0.479 e. The van der Waals surface area contributed by atoms with E-state index in [1.54, 1.807) is 0 Å². The molecule has 2 amide bonds. The smallest absolute Gasteiger partial charge is 0.411 e. The Kier molecular flexibility index (Phi) is 6.55. The molecule has 4 rings (SSSR count). The third-order valence-electron chi connectivity index (χ3n) is 5.40. The number of fused-ring (bicyclic) bond motifs is 3. The number of nitrogens with zero attached hydrogens (tertiary/aromatic N) is 1. The first-order chi connectivity index (χ1) is 16.3. The van der Waals surface area contributed by atoms with Crippen LogP contribution in [-0.2, 0) is 14.4 Å². The van der Waals surface area contributed by atoms with E-state index in [1.165, 1.54) is 13.1 Å². The highest BCUT2D eigenvalue weighted by atomic mass is 19.1. The van der Waals surface area contributed by atoms with E-state index in [0.29, 0.717) is 5.06 Å². The Bertz CT molecular complexity index is 1220. The molecule has 0 spiro atoms. The third-order valence-corrected chi connectivity index (χ3v) is 5.40. The summed E-state index contributed by atoms with van der Waals surface area (Å²) < 4.78 is 19.5. The fourth-order valence-electron chi connectivity index (χ4n) is 3.93. The van der Waals surface area contributed by atoms with E-state index in [2.05, 4.69) is 5.32 Å². The Balaban J connectivity index is 1.43. The lowest BCUT2D eigenvalue weighted by Crippen LogP contribution is -2.29. The van der Waals surface area contributed by atoms with Gasteiger partial charge in [0.2, 0.25) is 0 Å². The van der Waals surface area contributed by atoms with Crippen LogP contribution in [-0.4, -0.2) is 48.4 Å². The summed E-state index contributed by atoms with van der Waals surface area (Å²) in [5, 5.41) is 11.8. The van der Waals surface area contributed by atoms with Gasteiger partial charge in [0.25, 0.3) is 5.91 Å². The molecule has 2 N–H and O–H groups in total. The summed E-state index contributed by atoms with van der Waals surface area (Å²) in [6.45, 7) is -0.658. The van der Waals surface area contributed by atoms with Gasteiger partial charge in [-0.2, -0.15) is 0 Å². The predicted octanol–water partition coefficient (Wildman–Crippen LogP) is 4.27. The van der Waals surface area contributed by atoms with E-state index >= 15 is 0 Å². The first-order valence-electron chi connectivity index (χ1n) is 10.4. The van der Waals surface area contributed by atoms with Crippen molar-refractivity contribution in [3.8, 4) is 11.1 Å². The zero-order valence-electron chi connectivity index (χ0n) is 18.2. The van der Waals surface area contributed by atoms with Crippen molar-refractivity contribution < 1.29 is 33.5 Å². The second kappa shape index (κ2) is 9.72. The van der Waals surface area contributed by atoms with Crippen molar-refractivity contribution in [3.05, 3.63) is 89.2 Å². The summed E-state index contributed by atoms with van der Waals surface area (Å²) in [5.74, 6) is -2.96. The molecule has 0 bridgehead atoms. The Morgan fingerprint density at radius 3 is 2.24 bits per heavy atom. The van der Waals surface area contributed by atoms with E-state index in [4.69, 9.17) is 14.7 Å². The van der Waals surface area contributed by atoms with Crippen LogP contribution in [0.1, 0.15) is 27.4 Å². The molecule has 1 aliphatic rings. The lowest BCUT2D eigenvalue weighted by Gasteiger charge is -2.17. The molecule has 3 aromatic carbocycles. The number of anilines is 1. The van der Waals surface area contributed by atoms with Gasteiger partial charge in [0.05, 0.1) is 0 Å². The highest BCUT2D eigenvalue weighted by molar-refractivity contribution is 5.95. The molecule has 0 aliphatic heterocycles. The summed E-state index contributed by atoms with van der Waals surface area (Å²) in [6.07, 6.45) is -0.804.